The van der Waals surface area contributed by atoms with E-state index < -0.39 is 6.09 Å². The van der Waals surface area contributed by atoms with Crippen molar-refractivity contribution >= 4 is 23.4 Å². The Hall–Kier alpha value is -1.29. The van der Waals surface area contributed by atoms with E-state index in [0.29, 0.717) is 17.3 Å². The second-order valence-corrected chi connectivity index (χ2v) is 5.70. The molecule has 0 saturated carbocycles. The van der Waals surface area contributed by atoms with Crippen LogP contribution < -0.4 is 4.90 Å². The van der Waals surface area contributed by atoms with E-state index in [1.807, 2.05) is 20.8 Å². The van der Waals surface area contributed by atoms with Crippen molar-refractivity contribution in [2.45, 2.75) is 33.2 Å². The molecule has 92 valence electrons. The Labute approximate surface area is 105 Å². The van der Waals surface area contributed by atoms with E-state index in [9.17, 15) is 9.90 Å². The molecule has 0 radical (unpaired) electrons. The number of hydrogen-bond donors (Lipinski definition) is 1. The van der Waals surface area contributed by atoms with Gasteiger partial charge < -0.3 is 5.11 Å². The molecule has 0 bridgehead atoms. The first-order valence-corrected chi connectivity index (χ1v) is 5.85. The van der Waals surface area contributed by atoms with Gasteiger partial charge in [0.05, 0.1) is 5.69 Å². The van der Waals surface area contributed by atoms with Crippen molar-refractivity contribution in [3.8, 4) is 0 Å². The monoisotopic (exact) mass is 254 g/mol. The summed E-state index contributed by atoms with van der Waals surface area (Å²) in [4.78, 5) is 16.8. The second-order valence-electron chi connectivity index (χ2n) is 5.34. The van der Waals surface area contributed by atoms with Crippen LogP contribution in [0.15, 0.2) is 12.3 Å². The van der Waals surface area contributed by atoms with E-state index in [1.165, 1.54) is 4.90 Å². The third-order valence-corrected chi connectivity index (χ3v) is 3.48. The maximum atomic E-state index is 11.4. The summed E-state index contributed by atoms with van der Waals surface area (Å²) in [6.45, 7) is 6.09. The van der Waals surface area contributed by atoms with Gasteiger partial charge in [0.15, 0.2) is 0 Å². The van der Waals surface area contributed by atoms with Crippen LogP contribution in [0.25, 0.3) is 0 Å². The molecule has 0 saturated heterocycles. The van der Waals surface area contributed by atoms with E-state index >= 15 is 0 Å². The van der Waals surface area contributed by atoms with E-state index in [4.69, 9.17) is 11.6 Å². The lowest BCUT2D eigenvalue weighted by molar-refractivity contribution is 0.191. The first-order chi connectivity index (χ1) is 7.82. The SMILES string of the molecule is CC(C)(C)C1Cc2c(ccnc2Cl)N1C(=O)O. The highest BCUT2D eigenvalue weighted by atomic mass is 35.5. The Bertz CT molecular complexity index is 468. The van der Waals surface area contributed by atoms with Gasteiger partial charge in [-0.05, 0) is 17.9 Å². The molecule has 2 heterocycles. The standard InChI is InChI=1S/C12H15ClN2O2/c1-12(2,3)9-6-7-8(15(9)11(16)17)4-5-14-10(7)13/h4-5,9H,6H2,1-3H3,(H,16,17). The molecule has 1 amide bonds. The molecule has 4 nitrogen and oxygen atoms in total. The number of hydrogen-bond acceptors (Lipinski definition) is 2. The van der Waals surface area contributed by atoms with Crippen molar-refractivity contribution in [2.75, 3.05) is 4.90 Å². The van der Waals surface area contributed by atoms with Gasteiger partial charge in [0.2, 0.25) is 0 Å². The van der Waals surface area contributed by atoms with Crippen molar-refractivity contribution < 1.29 is 9.90 Å². The molecule has 5 heteroatoms. The summed E-state index contributed by atoms with van der Waals surface area (Å²) in [7, 11) is 0. The Morgan fingerprint density at radius 2 is 2.24 bits per heavy atom. The topological polar surface area (TPSA) is 53.4 Å². The number of rotatable bonds is 0. The number of halogens is 1. The van der Waals surface area contributed by atoms with Crippen molar-refractivity contribution in [3.63, 3.8) is 0 Å². The van der Waals surface area contributed by atoms with Gasteiger partial charge in [-0.3, -0.25) is 4.90 Å². The quantitative estimate of drug-likeness (QED) is 0.724. The number of carbonyl (C=O) groups is 1. The number of amides is 1. The van der Waals surface area contributed by atoms with Gasteiger partial charge in [-0.1, -0.05) is 32.4 Å². The Morgan fingerprint density at radius 3 is 2.76 bits per heavy atom. The Kier molecular flexibility index (Phi) is 2.78. The van der Waals surface area contributed by atoms with Crippen LogP contribution in [0, 0.1) is 5.41 Å². The molecule has 1 aromatic heterocycles. The molecule has 0 fully saturated rings. The first kappa shape index (κ1) is 12.2. The van der Waals surface area contributed by atoms with Crippen LogP contribution in [0.3, 0.4) is 0 Å². The molecular weight excluding hydrogens is 240 g/mol. The predicted octanol–water partition coefficient (Wildman–Crippen LogP) is 3.19. The minimum Gasteiger partial charge on any atom is -0.465 e. The van der Waals surface area contributed by atoms with Crippen LogP contribution in [0.2, 0.25) is 5.15 Å². The summed E-state index contributed by atoms with van der Waals surface area (Å²) in [5, 5.41) is 9.75. The lowest BCUT2D eigenvalue weighted by Crippen LogP contribution is -2.44. The third-order valence-electron chi connectivity index (χ3n) is 3.15. The summed E-state index contributed by atoms with van der Waals surface area (Å²) in [6, 6.07) is 1.61. The third kappa shape index (κ3) is 1.97. The van der Waals surface area contributed by atoms with Gasteiger partial charge in [0.25, 0.3) is 0 Å². The summed E-state index contributed by atoms with van der Waals surface area (Å²) in [5.74, 6) is 0. The molecule has 0 aromatic carbocycles. The number of aromatic nitrogens is 1. The molecule has 1 aliphatic heterocycles. The molecule has 0 aliphatic carbocycles. The fourth-order valence-electron chi connectivity index (χ4n) is 2.25. The fourth-order valence-corrected chi connectivity index (χ4v) is 2.48. The number of nitrogens with zero attached hydrogens (tertiary/aromatic N) is 2. The number of pyridine rings is 1. The average Bonchev–Trinajstić information content (AvgIpc) is 2.57. The normalized spacial score (nSPS) is 19.3. The summed E-state index contributed by atoms with van der Waals surface area (Å²) >= 11 is 6.02. The highest BCUT2D eigenvalue weighted by molar-refractivity contribution is 6.30. The molecule has 1 N–H and O–H groups in total. The van der Waals surface area contributed by atoms with Crippen molar-refractivity contribution in [1.82, 2.24) is 4.98 Å². The summed E-state index contributed by atoms with van der Waals surface area (Å²) < 4.78 is 0. The molecule has 1 aliphatic rings. The largest absolute Gasteiger partial charge is 0.465 e. The molecule has 1 unspecified atom stereocenters. The smallest absolute Gasteiger partial charge is 0.412 e. The van der Waals surface area contributed by atoms with Gasteiger partial charge >= 0.3 is 6.09 Å². The van der Waals surface area contributed by atoms with Crippen molar-refractivity contribution in [3.05, 3.63) is 23.0 Å². The van der Waals surface area contributed by atoms with Crippen LogP contribution in [0.4, 0.5) is 10.5 Å². The van der Waals surface area contributed by atoms with Crippen LogP contribution in [-0.4, -0.2) is 22.2 Å². The van der Waals surface area contributed by atoms with E-state index in [1.54, 1.807) is 12.3 Å². The van der Waals surface area contributed by atoms with E-state index in [-0.39, 0.29) is 11.5 Å². The van der Waals surface area contributed by atoms with Crippen molar-refractivity contribution in [2.24, 2.45) is 5.41 Å². The zero-order valence-electron chi connectivity index (χ0n) is 10.1. The zero-order valence-corrected chi connectivity index (χ0v) is 10.8. The highest BCUT2D eigenvalue weighted by Crippen LogP contribution is 2.41. The van der Waals surface area contributed by atoms with Gasteiger partial charge in [0.1, 0.15) is 5.15 Å². The van der Waals surface area contributed by atoms with Gasteiger partial charge in [-0.25, -0.2) is 9.78 Å². The highest BCUT2D eigenvalue weighted by Gasteiger charge is 2.41. The van der Waals surface area contributed by atoms with E-state index in [2.05, 4.69) is 4.98 Å². The van der Waals surface area contributed by atoms with Gasteiger partial charge in [0, 0.05) is 17.8 Å². The summed E-state index contributed by atoms with van der Waals surface area (Å²) in [6.07, 6.45) is 1.23. The van der Waals surface area contributed by atoms with Crippen LogP contribution in [-0.2, 0) is 6.42 Å². The van der Waals surface area contributed by atoms with Gasteiger partial charge in [-0.15, -0.1) is 0 Å². The van der Waals surface area contributed by atoms with Crippen LogP contribution in [0.1, 0.15) is 26.3 Å². The minimum absolute atomic E-state index is 0.100. The number of fused-ring (bicyclic) bond motifs is 1. The predicted molar refractivity (Wildman–Crippen MR) is 66.7 cm³/mol. The lowest BCUT2D eigenvalue weighted by atomic mass is 9.84. The number of carboxylic acid groups (broad SMARTS) is 1. The molecule has 0 spiro atoms. The molecule has 1 atom stereocenters. The van der Waals surface area contributed by atoms with E-state index in [0.717, 1.165) is 5.56 Å². The average molecular weight is 255 g/mol. The Balaban J connectivity index is 2.52. The lowest BCUT2D eigenvalue weighted by Gasteiger charge is -2.33. The second kappa shape index (κ2) is 3.88. The minimum atomic E-state index is -0.939. The molecule has 2 rings (SSSR count). The molecule has 1 aromatic rings. The number of anilines is 1. The summed E-state index contributed by atoms with van der Waals surface area (Å²) in [5.41, 5.74) is 1.36. The molecular formula is C12H15ClN2O2. The van der Waals surface area contributed by atoms with Gasteiger partial charge in [-0.2, -0.15) is 0 Å². The fraction of sp³-hybridized carbons (Fsp3) is 0.500. The maximum absolute atomic E-state index is 11.4. The van der Waals surface area contributed by atoms with Crippen molar-refractivity contribution in [1.29, 1.82) is 0 Å². The maximum Gasteiger partial charge on any atom is 0.412 e. The zero-order chi connectivity index (χ0) is 12.8. The molecule has 17 heavy (non-hydrogen) atoms. The Morgan fingerprint density at radius 1 is 1.59 bits per heavy atom. The van der Waals surface area contributed by atoms with Crippen LogP contribution >= 0.6 is 11.6 Å². The first-order valence-electron chi connectivity index (χ1n) is 5.48. The van der Waals surface area contributed by atoms with Crippen LogP contribution in [0.5, 0.6) is 0 Å².